The van der Waals surface area contributed by atoms with Gasteiger partial charge in [-0.1, -0.05) is 11.6 Å². The van der Waals surface area contributed by atoms with Crippen LogP contribution in [-0.2, 0) is 0 Å². The molecule has 0 bridgehead atoms. The molecule has 4 aromatic rings. The minimum atomic E-state index is -0.182. The fraction of sp³-hybridized carbons (Fsp3) is 0.250. The van der Waals surface area contributed by atoms with Gasteiger partial charge in [0, 0.05) is 36.7 Å². The van der Waals surface area contributed by atoms with Crippen LogP contribution in [0.4, 0.5) is 5.69 Å². The molecule has 0 radical (unpaired) electrons. The maximum Gasteiger partial charge on any atom is 0.299 e. The van der Waals surface area contributed by atoms with Gasteiger partial charge >= 0.3 is 0 Å². The number of hydrogen-bond donors (Lipinski definition) is 0. The lowest BCUT2D eigenvalue weighted by Crippen LogP contribution is -2.25. The van der Waals surface area contributed by atoms with Crippen LogP contribution in [0.1, 0.15) is 18.5 Å². The van der Waals surface area contributed by atoms with Gasteiger partial charge in [0.1, 0.15) is 0 Å². The largest absolute Gasteiger partial charge is 0.370 e. The van der Waals surface area contributed by atoms with Crippen LogP contribution < -0.4 is 10.5 Å². The standard InChI is InChI=1S/C20H18ClN5O/c1-13-15(5-4-6-22-13)26-17-12-14(21)11-16(24-8-2-3-9-24)18(17)25-10-7-23-19(25)20(26)27/h4-7,10-12H,2-3,8-9H2,1H3. The lowest BCUT2D eigenvalue weighted by atomic mass is 10.2. The molecule has 27 heavy (non-hydrogen) atoms. The third-order valence-corrected chi connectivity index (χ3v) is 5.44. The molecule has 1 aromatic carbocycles. The van der Waals surface area contributed by atoms with E-state index in [-0.39, 0.29) is 5.56 Å². The Hall–Kier alpha value is -2.86. The summed E-state index contributed by atoms with van der Waals surface area (Å²) in [4.78, 5) is 24.3. The van der Waals surface area contributed by atoms with Gasteiger partial charge < -0.3 is 4.90 Å². The number of aromatic nitrogens is 4. The predicted molar refractivity (Wildman–Crippen MR) is 107 cm³/mol. The Labute approximate surface area is 160 Å². The SMILES string of the molecule is Cc1ncccc1-n1c(=O)c2nccn2c2c(N3CCCC3)cc(Cl)cc21. The highest BCUT2D eigenvalue weighted by atomic mass is 35.5. The van der Waals surface area contributed by atoms with Crippen LogP contribution in [0.15, 0.2) is 47.7 Å². The van der Waals surface area contributed by atoms with Gasteiger partial charge in [-0.3, -0.25) is 18.7 Å². The van der Waals surface area contributed by atoms with Crippen molar-refractivity contribution in [1.82, 2.24) is 18.9 Å². The van der Waals surface area contributed by atoms with Gasteiger partial charge in [0.2, 0.25) is 5.65 Å². The Kier molecular flexibility index (Phi) is 3.68. The lowest BCUT2D eigenvalue weighted by Gasteiger charge is -2.22. The van der Waals surface area contributed by atoms with E-state index in [1.165, 1.54) is 0 Å². The molecule has 3 aromatic heterocycles. The zero-order valence-corrected chi connectivity index (χ0v) is 15.6. The third-order valence-electron chi connectivity index (χ3n) is 5.22. The van der Waals surface area contributed by atoms with Crippen molar-refractivity contribution in [3.05, 3.63) is 63.9 Å². The molecule has 5 rings (SSSR count). The maximum atomic E-state index is 13.3. The number of aryl methyl sites for hydroxylation is 1. The number of hydrogen-bond acceptors (Lipinski definition) is 4. The predicted octanol–water partition coefficient (Wildman–Crippen LogP) is 3.60. The van der Waals surface area contributed by atoms with E-state index in [4.69, 9.17) is 11.6 Å². The van der Waals surface area contributed by atoms with E-state index >= 15 is 0 Å². The number of pyridine rings is 1. The molecule has 0 N–H and O–H groups in total. The first-order valence-corrected chi connectivity index (χ1v) is 9.41. The highest BCUT2D eigenvalue weighted by Gasteiger charge is 2.22. The highest BCUT2D eigenvalue weighted by molar-refractivity contribution is 6.31. The first-order valence-electron chi connectivity index (χ1n) is 9.03. The molecule has 1 aliphatic rings. The average Bonchev–Trinajstić information content (AvgIpc) is 3.34. The lowest BCUT2D eigenvalue weighted by molar-refractivity contribution is 0.949. The first-order chi connectivity index (χ1) is 13.1. The normalized spacial score (nSPS) is 14.5. The Morgan fingerprint density at radius 1 is 1.07 bits per heavy atom. The molecule has 0 amide bonds. The summed E-state index contributed by atoms with van der Waals surface area (Å²) in [5.74, 6) is 0. The van der Waals surface area contributed by atoms with Crippen molar-refractivity contribution in [1.29, 1.82) is 0 Å². The highest BCUT2D eigenvalue weighted by Crippen LogP contribution is 2.33. The number of nitrogens with zero attached hydrogens (tertiary/aromatic N) is 5. The van der Waals surface area contributed by atoms with E-state index in [9.17, 15) is 4.79 Å². The summed E-state index contributed by atoms with van der Waals surface area (Å²) >= 11 is 6.50. The van der Waals surface area contributed by atoms with Crippen LogP contribution in [0.5, 0.6) is 0 Å². The molecule has 0 unspecified atom stereocenters. The van der Waals surface area contributed by atoms with Gasteiger partial charge in [0.05, 0.1) is 28.1 Å². The van der Waals surface area contributed by atoms with Crippen LogP contribution in [0.25, 0.3) is 22.4 Å². The van der Waals surface area contributed by atoms with Crippen LogP contribution in [0.2, 0.25) is 5.02 Å². The first kappa shape index (κ1) is 16.3. The summed E-state index contributed by atoms with van der Waals surface area (Å²) in [6.07, 6.45) is 7.54. The number of benzene rings is 1. The number of halogens is 1. The molecule has 7 heteroatoms. The molecule has 4 heterocycles. The zero-order valence-electron chi connectivity index (χ0n) is 14.9. The quantitative estimate of drug-likeness (QED) is 0.534. The Morgan fingerprint density at radius 3 is 2.67 bits per heavy atom. The molecule has 1 saturated heterocycles. The van der Waals surface area contributed by atoms with Crippen molar-refractivity contribution in [3.63, 3.8) is 0 Å². The topological polar surface area (TPSA) is 55.4 Å². The van der Waals surface area contributed by atoms with Crippen molar-refractivity contribution >= 4 is 34.0 Å². The van der Waals surface area contributed by atoms with Crippen molar-refractivity contribution in [2.24, 2.45) is 0 Å². The summed E-state index contributed by atoms with van der Waals surface area (Å²) in [6, 6.07) is 7.57. The van der Waals surface area contributed by atoms with Crippen LogP contribution in [-0.4, -0.2) is 32.0 Å². The monoisotopic (exact) mass is 379 g/mol. The molecule has 136 valence electrons. The van der Waals surface area contributed by atoms with E-state index in [2.05, 4.69) is 14.9 Å². The number of anilines is 1. The van der Waals surface area contributed by atoms with Crippen molar-refractivity contribution < 1.29 is 0 Å². The van der Waals surface area contributed by atoms with Gasteiger partial charge in [-0.05, 0) is 44.0 Å². The van der Waals surface area contributed by atoms with Crippen molar-refractivity contribution in [2.75, 3.05) is 18.0 Å². The summed E-state index contributed by atoms with van der Waals surface area (Å²) in [5, 5.41) is 0.610. The van der Waals surface area contributed by atoms with Crippen LogP contribution >= 0.6 is 11.6 Å². The van der Waals surface area contributed by atoms with E-state index in [1.54, 1.807) is 17.0 Å². The molecular formula is C20H18ClN5O. The molecule has 6 nitrogen and oxygen atoms in total. The average molecular weight is 380 g/mol. The van der Waals surface area contributed by atoms with E-state index < -0.39 is 0 Å². The second kappa shape index (κ2) is 6.09. The second-order valence-electron chi connectivity index (χ2n) is 6.86. The minimum Gasteiger partial charge on any atom is -0.370 e. The van der Waals surface area contributed by atoms with Gasteiger partial charge in [0.25, 0.3) is 5.56 Å². The fourth-order valence-corrected chi connectivity index (χ4v) is 4.20. The van der Waals surface area contributed by atoms with E-state index in [0.29, 0.717) is 10.7 Å². The second-order valence-corrected chi connectivity index (χ2v) is 7.29. The van der Waals surface area contributed by atoms with Gasteiger partial charge in [-0.25, -0.2) is 4.98 Å². The van der Waals surface area contributed by atoms with Gasteiger partial charge in [-0.2, -0.15) is 0 Å². The smallest absolute Gasteiger partial charge is 0.299 e. The molecule has 1 fully saturated rings. The molecule has 0 atom stereocenters. The van der Waals surface area contributed by atoms with Crippen molar-refractivity contribution in [2.45, 2.75) is 19.8 Å². The molecule has 0 saturated carbocycles. The third kappa shape index (κ3) is 2.44. The molecule has 0 aliphatic carbocycles. The summed E-state index contributed by atoms with van der Waals surface area (Å²) in [5.41, 5.74) is 4.47. The van der Waals surface area contributed by atoms with Crippen LogP contribution in [0, 0.1) is 6.92 Å². The summed E-state index contributed by atoms with van der Waals surface area (Å²) in [7, 11) is 0. The zero-order chi connectivity index (χ0) is 18.5. The van der Waals surface area contributed by atoms with Crippen LogP contribution in [0.3, 0.4) is 0 Å². The summed E-state index contributed by atoms with van der Waals surface area (Å²) < 4.78 is 3.56. The van der Waals surface area contributed by atoms with E-state index in [1.807, 2.05) is 41.8 Å². The van der Waals surface area contributed by atoms with Crippen molar-refractivity contribution in [3.8, 4) is 5.69 Å². The number of fused-ring (bicyclic) bond motifs is 3. The van der Waals surface area contributed by atoms with E-state index in [0.717, 1.165) is 54.0 Å². The fourth-order valence-electron chi connectivity index (χ4n) is 3.99. The van der Waals surface area contributed by atoms with Gasteiger partial charge in [-0.15, -0.1) is 0 Å². The Balaban J connectivity index is 1.99. The number of rotatable bonds is 2. The summed E-state index contributed by atoms with van der Waals surface area (Å²) in [6.45, 7) is 3.86. The van der Waals surface area contributed by atoms with Gasteiger partial charge in [0.15, 0.2) is 0 Å². The molecule has 0 spiro atoms. The maximum absolute atomic E-state index is 13.3. The number of imidazole rings is 1. The minimum absolute atomic E-state index is 0.182. The molecule has 1 aliphatic heterocycles. The molecular weight excluding hydrogens is 362 g/mol. The Morgan fingerprint density at radius 2 is 1.89 bits per heavy atom. The Bertz CT molecular complexity index is 1240.